The van der Waals surface area contributed by atoms with Gasteiger partial charge in [0.05, 0.1) is 10.7 Å². The number of rotatable bonds is 3. The van der Waals surface area contributed by atoms with Crippen LogP contribution >= 0.6 is 11.6 Å². The van der Waals surface area contributed by atoms with E-state index in [0.717, 1.165) is 40.6 Å². The molecular weight excluding hydrogens is 358 g/mol. The Labute approximate surface area is 164 Å². The summed E-state index contributed by atoms with van der Waals surface area (Å²) in [6, 6.07) is 17.9. The Hall–Kier alpha value is -2.72. The standard InChI is InChI=1S/C22H22ClN3O/c1-17-6-2-3-7-19(17)22(27)26-14-12-25(13-15-26)21-9-8-18(16-20(21)23)24-10-4-5-11-24/h2-11,16H,12-15H2,1H3. The molecule has 1 amide bonds. The van der Waals surface area contributed by atoms with Gasteiger partial charge in [0.1, 0.15) is 0 Å². The third-order valence-corrected chi connectivity index (χ3v) is 5.42. The molecule has 4 rings (SSSR count). The molecule has 1 aliphatic heterocycles. The lowest BCUT2D eigenvalue weighted by Gasteiger charge is -2.36. The van der Waals surface area contributed by atoms with Gasteiger partial charge < -0.3 is 14.4 Å². The van der Waals surface area contributed by atoms with Crippen LogP contribution in [0.15, 0.2) is 67.0 Å². The van der Waals surface area contributed by atoms with Gasteiger partial charge >= 0.3 is 0 Å². The number of amides is 1. The molecule has 4 nitrogen and oxygen atoms in total. The maximum Gasteiger partial charge on any atom is 0.254 e. The average Bonchev–Trinajstić information content (AvgIpc) is 3.23. The molecule has 0 atom stereocenters. The Kier molecular flexibility index (Phi) is 4.90. The zero-order chi connectivity index (χ0) is 18.8. The highest BCUT2D eigenvalue weighted by Gasteiger charge is 2.24. The maximum atomic E-state index is 12.8. The van der Waals surface area contributed by atoms with Crippen LogP contribution in [0.25, 0.3) is 5.69 Å². The lowest BCUT2D eigenvalue weighted by molar-refractivity contribution is 0.0746. The second-order valence-corrected chi connectivity index (χ2v) is 7.23. The van der Waals surface area contributed by atoms with E-state index in [1.54, 1.807) is 0 Å². The van der Waals surface area contributed by atoms with Crippen molar-refractivity contribution in [3.8, 4) is 5.69 Å². The molecule has 1 fully saturated rings. The van der Waals surface area contributed by atoms with Crippen LogP contribution < -0.4 is 4.90 Å². The van der Waals surface area contributed by atoms with E-state index >= 15 is 0 Å². The van der Waals surface area contributed by atoms with Gasteiger partial charge in [0, 0.05) is 49.8 Å². The van der Waals surface area contributed by atoms with E-state index in [1.165, 1.54) is 0 Å². The number of hydrogen-bond donors (Lipinski definition) is 0. The van der Waals surface area contributed by atoms with Crippen molar-refractivity contribution >= 4 is 23.2 Å². The van der Waals surface area contributed by atoms with E-state index in [-0.39, 0.29) is 5.91 Å². The largest absolute Gasteiger partial charge is 0.367 e. The summed E-state index contributed by atoms with van der Waals surface area (Å²) in [6.07, 6.45) is 4.00. The van der Waals surface area contributed by atoms with Crippen molar-refractivity contribution in [1.82, 2.24) is 9.47 Å². The number of anilines is 1. The van der Waals surface area contributed by atoms with Crippen LogP contribution in [-0.2, 0) is 0 Å². The molecule has 0 N–H and O–H groups in total. The van der Waals surface area contributed by atoms with Gasteiger partial charge in [-0.1, -0.05) is 29.8 Å². The van der Waals surface area contributed by atoms with Crippen LogP contribution in [0.5, 0.6) is 0 Å². The molecule has 0 bridgehead atoms. The zero-order valence-electron chi connectivity index (χ0n) is 15.3. The summed E-state index contributed by atoms with van der Waals surface area (Å²) in [7, 11) is 0. The number of benzene rings is 2. The van der Waals surface area contributed by atoms with Crippen LogP contribution in [0.3, 0.4) is 0 Å². The maximum absolute atomic E-state index is 12.8. The van der Waals surface area contributed by atoms with Crippen LogP contribution in [-0.4, -0.2) is 41.6 Å². The minimum absolute atomic E-state index is 0.113. The average molecular weight is 380 g/mol. The van der Waals surface area contributed by atoms with Crippen molar-refractivity contribution in [3.05, 3.63) is 83.1 Å². The molecule has 1 saturated heterocycles. The Morgan fingerprint density at radius 3 is 2.30 bits per heavy atom. The van der Waals surface area contributed by atoms with E-state index in [0.29, 0.717) is 13.1 Å². The lowest BCUT2D eigenvalue weighted by atomic mass is 10.1. The molecule has 0 saturated carbocycles. The number of aryl methyl sites for hydroxylation is 1. The van der Waals surface area contributed by atoms with E-state index in [2.05, 4.69) is 17.0 Å². The third-order valence-electron chi connectivity index (χ3n) is 5.12. The summed E-state index contributed by atoms with van der Waals surface area (Å²) < 4.78 is 2.04. The van der Waals surface area contributed by atoms with Crippen LogP contribution in [0.2, 0.25) is 5.02 Å². The Bertz CT molecular complexity index is 944. The van der Waals surface area contributed by atoms with E-state index in [4.69, 9.17) is 11.6 Å². The molecule has 1 aliphatic rings. The molecule has 27 heavy (non-hydrogen) atoms. The lowest BCUT2D eigenvalue weighted by Crippen LogP contribution is -2.49. The van der Waals surface area contributed by atoms with Gasteiger partial charge in [-0.25, -0.2) is 0 Å². The fourth-order valence-electron chi connectivity index (χ4n) is 3.55. The fourth-order valence-corrected chi connectivity index (χ4v) is 3.85. The number of piperazine rings is 1. The zero-order valence-corrected chi connectivity index (χ0v) is 16.1. The van der Waals surface area contributed by atoms with Crippen LogP contribution in [0.4, 0.5) is 5.69 Å². The first-order chi connectivity index (χ1) is 13.1. The second kappa shape index (κ2) is 7.49. The summed E-state index contributed by atoms with van der Waals surface area (Å²) in [6.45, 7) is 4.93. The third kappa shape index (κ3) is 3.58. The first kappa shape index (κ1) is 17.7. The molecule has 5 heteroatoms. The molecule has 1 aromatic heterocycles. The minimum atomic E-state index is 0.113. The molecule has 0 spiro atoms. The molecule has 138 valence electrons. The molecule has 3 aromatic rings. The smallest absolute Gasteiger partial charge is 0.254 e. The molecular formula is C22H22ClN3O. The van der Waals surface area contributed by atoms with Gasteiger partial charge in [-0.05, 0) is 48.9 Å². The van der Waals surface area contributed by atoms with E-state index in [9.17, 15) is 4.79 Å². The van der Waals surface area contributed by atoms with Crippen LogP contribution in [0, 0.1) is 6.92 Å². The first-order valence-corrected chi connectivity index (χ1v) is 9.54. The predicted octanol–water partition coefficient (Wildman–Crippen LogP) is 4.40. The van der Waals surface area contributed by atoms with Crippen molar-refractivity contribution in [2.24, 2.45) is 0 Å². The van der Waals surface area contributed by atoms with Crippen molar-refractivity contribution in [3.63, 3.8) is 0 Å². The van der Waals surface area contributed by atoms with Gasteiger partial charge in [0.15, 0.2) is 0 Å². The topological polar surface area (TPSA) is 28.5 Å². The van der Waals surface area contributed by atoms with E-state index in [1.807, 2.05) is 71.2 Å². The molecule has 2 aromatic carbocycles. The van der Waals surface area contributed by atoms with Gasteiger partial charge in [-0.3, -0.25) is 4.79 Å². The number of nitrogens with zero attached hydrogens (tertiary/aromatic N) is 3. The number of carbonyl (C=O) groups is 1. The monoisotopic (exact) mass is 379 g/mol. The van der Waals surface area contributed by atoms with Gasteiger partial charge in [0.25, 0.3) is 5.91 Å². The SMILES string of the molecule is Cc1ccccc1C(=O)N1CCN(c2ccc(-n3cccc3)cc2Cl)CC1. The summed E-state index contributed by atoms with van der Waals surface area (Å²) in [4.78, 5) is 17.0. The Morgan fingerprint density at radius 1 is 0.926 bits per heavy atom. The molecule has 0 aliphatic carbocycles. The van der Waals surface area contributed by atoms with Gasteiger partial charge in [-0.15, -0.1) is 0 Å². The van der Waals surface area contributed by atoms with Crippen LogP contribution in [0.1, 0.15) is 15.9 Å². The summed E-state index contributed by atoms with van der Waals surface area (Å²) in [5.41, 5.74) is 3.88. The molecule has 2 heterocycles. The number of carbonyl (C=O) groups excluding carboxylic acids is 1. The van der Waals surface area contributed by atoms with Crippen molar-refractivity contribution < 1.29 is 4.79 Å². The van der Waals surface area contributed by atoms with Gasteiger partial charge in [0.2, 0.25) is 0 Å². The summed E-state index contributed by atoms with van der Waals surface area (Å²) >= 11 is 6.56. The molecule has 0 unspecified atom stereocenters. The number of hydrogen-bond acceptors (Lipinski definition) is 2. The minimum Gasteiger partial charge on any atom is -0.367 e. The quantitative estimate of drug-likeness (QED) is 0.674. The first-order valence-electron chi connectivity index (χ1n) is 9.16. The highest BCUT2D eigenvalue weighted by Crippen LogP contribution is 2.29. The highest BCUT2D eigenvalue weighted by atomic mass is 35.5. The summed E-state index contributed by atoms with van der Waals surface area (Å²) in [5.74, 6) is 0.113. The second-order valence-electron chi connectivity index (χ2n) is 6.82. The molecule has 0 radical (unpaired) electrons. The van der Waals surface area contributed by atoms with Gasteiger partial charge in [-0.2, -0.15) is 0 Å². The van der Waals surface area contributed by atoms with Crippen molar-refractivity contribution in [1.29, 1.82) is 0 Å². The van der Waals surface area contributed by atoms with Crippen molar-refractivity contribution in [2.45, 2.75) is 6.92 Å². The fraction of sp³-hybridized carbons (Fsp3) is 0.227. The Balaban J connectivity index is 1.45. The number of halogens is 1. The normalized spacial score (nSPS) is 14.4. The highest BCUT2D eigenvalue weighted by molar-refractivity contribution is 6.33. The summed E-state index contributed by atoms with van der Waals surface area (Å²) in [5, 5.41) is 0.736. The number of aromatic nitrogens is 1. The predicted molar refractivity (Wildman–Crippen MR) is 110 cm³/mol. The Morgan fingerprint density at radius 2 is 1.63 bits per heavy atom. The van der Waals surface area contributed by atoms with Crippen molar-refractivity contribution in [2.75, 3.05) is 31.1 Å². The van der Waals surface area contributed by atoms with E-state index < -0.39 is 0 Å².